The highest BCUT2D eigenvalue weighted by molar-refractivity contribution is 5.95. The smallest absolute Gasteiger partial charge is 0.226 e. The van der Waals surface area contributed by atoms with Crippen molar-refractivity contribution in [2.75, 3.05) is 16.8 Å². The average Bonchev–Trinajstić information content (AvgIpc) is 2.63. The summed E-state index contributed by atoms with van der Waals surface area (Å²) in [5.74, 6) is 0.849. The van der Waals surface area contributed by atoms with Gasteiger partial charge in [0.2, 0.25) is 11.8 Å². The van der Waals surface area contributed by atoms with E-state index in [-0.39, 0.29) is 24.3 Å². The second-order valence-electron chi connectivity index (χ2n) is 7.37. The van der Waals surface area contributed by atoms with Gasteiger partial charge in [-0.05, 0) is 55.7 Å². The molecule has 2 amide bonds. The number of nitrogens with one attached hydrogen (secondary N) is 1. The molecule has 2 aromatic rings. The van der Waals surface area contributed by atoms with Gasteiger partial charge in [-0.1, -0.05) is 32.0 Å². The summed E-state index contributed by atoms with van der Waals surface area (Å²) in [7, 11) is 0. The molecule has 0 bridgehead atoms. The molecular formula is C23H30N2O3. The fourth-order valence-corrected chi connectivity index (χ4v) is 2.99. The van der Waals surface area contributed by atoms with E-state index in [0.29, 0.717) is 18.2 Å². The second-order valence-corrected chi connectivity index (χ2v) is 7.37. The zero-order valence-corrected chi connectivity index (χ0v) is 17.4. The van der Waals surface area contributed by atoms with Crippen LogP contribution in [0, 0.1) is 0 Å². The Morgan fingerprint density at radius 3 is 2.21 bits per heavy atom. The number of anilines is 2. The number of amides is 2. The molecule has 2 aromatic carbocycles. The van der Waals surface area contributed by atoms with Gasteiger partial charge in [0.25, 0.3) is 0 Å². The first-order valence-electron chi connectivity index (χ1n) is 9.71. The number of para-hydroxylation sites is 1. The molecule has 0 spiro atoms. The minimum atomic E-state index is -0.134. The highest BCUT2D eigenvalue weighted by atomic mass is 16.5. The first kappa shape index (κ1) is 21.5. The highest BCUT2D eigenvalue weighted by Crippen LogP contribution is 2.27. The molecule has 0 saturated carbocycles. The van der Waals surface area contributed by atoms with Crippen molar-refractivity contribution in [2.24, 2.45) is 0 Å². The summed E-state index contributed by atoms with van der Waals surface area (Å²) in [6.07, 6.45) is 0.322. The lowest BCUT2D eigenvalue weighted by molar-refractivity contribution is -0.117. The molecule has 0 saturated heterocycles. The van der Waals surface area contributed by atoms with Crippen LogP contribution < -0.4 is 15.0 Å². The van der Waals surface area contributed by atoms with Gasteiger partial charge in [0.15, 0.2) is 0 Å². The van der Waals surface area contributed by atoms with Crippen molar-refractivity contribution < 1.29 is 14.3 Å². The van der Waals surface area contributed by atoms with Gasteiger partial charge in [0, 0.05) is 31.3 Å². The number of rotatable bonds is 8. The van der Waals surface area contributed by atoms with Crippen molar-refractivity contribution in [1.82, 2.24) is 0 Å². The van der Waals surface area contributed by atoms with E-state index in [4.69, 9.17) is 4.74 Å². The van der Waals surface area contributed by atoms with Crippen molar-refractivity contribution in [3.8, 4) is 5.75 Å². The van der Waals surface area contributed by atoms with Crippen molar-refractivity contribution in [3.63, 3.8) is 0 Å². The van der Waals surface area contributed by atoms with Crippen LogP contribution in [0.3, 0.4) is 0 Å². The Bertz CT molecular complexity index is 798. The number of hydrogen-bond acceptors (Lipinski definition) is 3. The standard InChI is InChI=1S/C23H30N2O3/c1-16(2)21-8-6-7-9-22(21)25(18(5)26)15-14-23(27)24-19-10-12-20(13-11-19)28-17(3)4/h6-13,16-17H,14-15H2,1-5H3,(H,24,27). The van der Waals surface area contributed by atoms with E-state index in [9.17, 15) is 9.59 Å². The minimum Gasteiger partial charge on any atom is -0.491 e. The summed E-state index contributed by atoms with van der Waals surface area (Å²) >= 11 is 0. The molecule has 0 radical (unpaired) electrons. The second kappa shape index (κ2) is 9.93. The van der Waals surface area contributed by atoms with Crippen LogP contribution in [0.1, 0.15) is 52.5 Å². The molecule has 0 aromatic heterocycles. The number of ether oxygens (including phenoxy) is 1. The fraction of sp³-hybridized carbons (Fsp3) is 0.391. The van der Waals surface area contributed by atoms with Gasteiger partial charge in [-0.3, -0.25) is 9.59 Å². The molecule has 5 nitrogen and oxygen atoms in total. The summed E-state index contributed by atoms with van der Waals surface area (Å²) in [5, 5.41) is 2.87. The Labute approximate surface area is 167 Å². The zero-order valence-electron chi connectivity index (χ0n) is 17.4. The molecule has 1 N–H and O–H groups in total. The van der Waals surface area contributed by atoms with Crippen LogP contribution in [0.25, 0.3) is 0 Å². The molecule has 28 heavy (non-hydrogen) atoms. The molecule has 0 aliphatic carbocycles. The van der Waals surface area contributed by atoms with E-state index in [2.05, 4.69) is 19.2 Å². The van der Waals surface area contributed by atoms with Gasteiger partial charge in [-0.15, -0.1) is 0 Å². The van der Waals surface area contributed by atoms with E-state index in [1.165, 1.54) is 6.92 Å². The van der Waals surface area contributed by atoms with Crippen molar-refractivity contribution >= 4 is 23.2 Å². The van der Waals surface area contributed by atoms with E-state index in [0.717, 1.165) is 17.0 Å². The molecule has 0 fully saturated rings. The lowest BCUT2D eigenvalue weighted by atomic mass is 10.0. The Morgan fingerprint density at radius 2 is 1.64 bits per heavy atom. The molecule has 2 rings (SSSR count). The maximum absolute atomic E-state index is 12.4. The molecular weight excluding hydrogens is 352 g/mol. The third-order valence-electron chi connectivity index (χ3n) is 4.30. The molecule has 0 aliphatic heterocycles. The van der Waals surface area contributed by atoms with Gasteiger partial charge in [0.1, 0.15) is 5.75 Å². The van der Waals surface area contributed by atoms with Gasteiger partial charge in [0.05, 0.1) is 6.10 Å². The van der Waals surface area contributed by atoms with Crippen LogP contribution in [0.4, 0.5) is 11.4 Å². The number of benzene rings is 2. The number of hydrogen-bond donors (Lipinski definition) is 1. The SMILES string of the molecule is CC(=O)N(CCC(=O)Nc1ccc(OC(C)C)cc1)c1ccccc1C(C)C. The summed E-state index contributed by atoms with van der Waals surface area (Å²) in [6, 6.07) is 15.1. The number of carbonyl (C=O) groups excluding carboxylic acids is 2. The summed E-state index contributed by atoms with van der Waals surface area (Å²) in [5.41, 5.74) is 2.67. The lowest BCUT2D eigenvalue weighted by Crippen LogP contribution is -2.32. The van der Waals surface area contributed by atoms with Crippen LogP contribution in [0.5, 0.6) is 5.75 Å². The summed E-state index contributed by atoms with van der Waals surface area (Å²) in [4.78, 5) is 26.2. The largest absolute Gasteiger partial charge is 0.491 e. The average molecular weight is 383 g/mol. The normalized spacial score (nSPS) is 10.8. The van der Waals surface area contributed by atoms with Crippen molar-refractivity contribution in [3.05, 3.63) is 54.1 Å². The van der Waals surface area contributed by atoms with E-state index >= 15 is 0 Å². The zero-order chi connectivity index (χ0) is 20.7. The molecule has 0 heterocycles. The topological polar surface area (TPSA) is 58.6 Å². The van der Waals surface area contributed by atoms with Crippen LogP contribution in [-0.4, -0.2) is 24.5 Å². The summed E-state index contributed by atoms with van der Waals surface area (Å²) in [6.45, 7) is 9.98. The van der Waals surface area contributed by atoms with Crippen LogP contribution in [0.15, 0.2) is 48.5 Å². The molecule has 0 aliphatic rings. The van der Waals surface area contributed by atoms with Gasteiger partial charge >= 0.3 is 0 Å². The Kier molecular flexibility index (Phi) is 7.61. The van der Waals surface area contributed by atoms with Crippen molar-refractivity contribution in [1.29, 1.82) is 0 Å². The van der Waals surface area contributed by atoms with Crippen LogP contribution in [0.2, 0.25) is 0 Å². The highest BCUT2D eigenvalue weighted by Gasteiger charge is 2.18. The Morgan fingerprint density at radius 1 is 1.00 bits per heavy atom. The predicted molar refractivity (Wildman–Crippen MR) is 114 cm³/mol. The fourth-order valence-electron chi connectivity index (χ4n) is 2.99. The predicted octanol–water partition coefficient (Wildman–Crippen LogP) is 4.98. The van der Waals surface area contributed by atoms with E-state index in [1.54, 1.807) is 4.90 Å². The monoisotopic (exact) mass is 382 g/mol. The maximum Gasteiger partial charge on any atom is 0.226 e. The Balaban J connectivity index is 2.00. The molecule has 0 atom stereocenters. The quantitative estimate of drug-likeness (QED) is 0.700. The molecule has 150 valence electrons. The number of carbonyl (C=O) groups is 2. The third kappa shape index (κ3) is 6.12. The molecule has 5 heteroatoms. The third-order valence-corrected chi connectivity index (χ3v) is 4.30. The van der Waals surface area contributed by atoms with Gasteiger partial charge in [-0.2, -0.15) is 0 Å². The molecule has 0 unspecified atom stereocenters. The Hall–Kier alpha value is -2.82. The number of nitrogens with zero attached hydrogens (tertiary/aromatic N) is 1. The van der Waals surface area contributed by atoms with Gasteiger partial charge in [-0.25, -0.2) is 0 Å². The van der Waals surface area contributed by atoms with Crippen molar-refractivity contribution in [2.45, 2.75) is 53.1 Å². The minimum absolute atomic E-state index is 0.0731. The first-order chi connectivity index (χ1) is 13.3. The first-order valence-corrected chi connectivity index (χ1v) is 9.71. The maximum atomic E-state index is 12.4. The van der Waals surface area contributed by atoms with E-state index in [1.807, 2.05) is 62.4 Å². The van der Waals surface area contributed by atoms with Crippen LogP contribution >= 0.6 is 0 Å². The summed E-state index contributed by atoms with van der Waals surface area (Å²) < 4.78 is 5.60. The van der Waals surface area contributed by atoms with Crippen LogP contribution in [-0.2, 0) is 9.59 Å². The van der Waals surface area contributed by atoms with Gasteiger partial charge < -0.3 is 15.0 Å². The lowest BCUT2D eigenvalue weighted by Gasteiger charge is -2.25. The van der Waals surface area contributed by atoms with E-state index < -0.39 is 0 Å².